The lowest BCUT2D eigenvalue weighted by Crippen LogP contribution is -2.64. The Morgan fingerprint density at radius 2 is 1.45 bits per heavy atom. The molecule has 0 aromatic heterocycles. The number of ether oxygens (including phenoxy) is 2. The Balaban J connectivity index is 3.22. The van der Waals surface area contributed by atoms with Crippen LogP contribution < -0.4 is 0 Å². The molecule has 1 aliphatic rings. The van der Waals surface area contributed by atoms with Gasteiger partial charge in [-0.05, 0) is 6.92 Å². The summed E-state index contributed by atoms with van der Waals surface area (Å²) in [4.78, 5) is 10.5. The Morgan fingerprint density at radius 1 is 1.00 bits per heavy atom. The molecule has 118 valence electrons. The summed E-state index contributed by atoms with van der Waals surface area (Å²) in [5.41, 5.74) is 0. The van der Waals surface area contributed by atoms with Gasteiger partial charge in [0.15, 0.2) is 0 Å². The molecule has 4 atom stereocenters. The number of hydrogen-bond donors (Lipinski definition) is 0. The molecule has 0 saturated carbocycles. The Morgan fingerprint density at radius 3 is 1.75 bits per heavy atom. The van der Waals surface area contributed by atoms with Gasteiger partial charge in [-0.3, -0.25) is 0 Å². The first-order chi connectivity index (χ1) is 8.66. The number of halogens is 8. The second-order valence-corrected chi connectivity index (χ2v) is 4.81. The SMILES string of the molecule is CC1OC(=O)OC1C(F)(F)C(F)(F)C(F)(P)C(F)(F)F. The third-order valence-corrected chi connectivity index (χ3v) is 3.27. The van der Waals surface area contributed by atoms with Crippen molar-refractivity contribution in [1.82, 2.24) is 0 Å². The largest absolute Gasteiger partial charge is 0.509 e. The van der Waals surface area contributed by atoms with Gasteiger partial charge in [-0.2, -0.15) is 30.7 Å². The normalized spacial score (nSPS) is 27.8. The molecule has 1 heterocycles. The maximum absolute atomic E-state index is 13.5. The summed E-state index contributed by atoms with van der Waals surface area (Å²) in [7, 11) is 0.0179. The summed E-state index contributed by atoms with van der Waals surface area (Å²) in [5.74, 6) is -11.9. The highest BCUT2D eigenvalue weighted by molar-refractivity contribution is 7.19. The molecule has 0 aromatic rings. The molecule has 1 aliphatic heterocycles. The Bertz CT molecular complexity index is 407. The van der Waals surface area contributed by atoms with Crippen molar-refractivity contribution in [3.8, 4) is 0 Å². The van der Waals surface area contributed by atoms with Gasteiger partial charge in [0.1, 0.15) is 6.10 Å². The molecular formula is C8H7F8O3P. The smallest absolute Gasteiger partial charge is 0.427 e. The highest BCUT2D eigenvalue weighted by Gasteiger charge is 2.81. The predicted molar refractivity (Wildman–Crippen MR) is 50.3 cm³/mol. The molecule has 4 unspecified atom stereocenters. The first-order valence-electron chi connectivity index (χ1n) is 4.83. The first kappa shape index (κ1) is 17.2. The van der Waals surface area contributed by atoms with E-state index in [9.17, 15) is 39.9 Å². The van der Waals surface area contributed by atoms with Crippen LogP contribution in [0, 0.1) is 0 Å². The second kappa shape index (κ2) is 4.57. The minimum absolute atomic E-state index is 0.0179. The van der Waals surface area contributed by atoms with E-state index in [0.717, 1.165) is 0 Å². The van der Waals surface area contributed by atoms with Crippen molar-refractivity contribution < 1.29 is 49.4 Å². The Labute approximate surface area is 108 Å². The average Bonchev–Trinajstić information content (AvgIpc) is 2.56. The van der Waals surface area contributed by atoms with Gasteiger partial charge in [-0.25, -0.2) is 9.18 Å². The lowest BCUT2D eigenvalue weighted by atomic mass is 9.97. The van der Waals surface area contributed by atoms with Crippen molar-refractivity contribution in [1.29, 1.82) is 0 Å². The monoisotopic (exact) mass is 334 g/mol. The quantitative estimate of drug-likeness (QED) is 0.451. The minimum atomic E-state index is -6.29. The van der Waals surface area contributed by atoms with Gasteiger partial charge < -0.3 is 9.47 Å². The van der Waals surface area contributed by atoms with E-state index in [4.69, 9.17) is 0 Å². The zero-order chi connectivity index (χ0) is 16.1. The van der Waals surface area contributed by atoms with Crippen LogP contribution in [0.4, 0.5) is 39.9 Å². The van der Waals surface area contributed by atoms with Crippen LogP contribution in [0.1, 0.15) is 6.92 Å². The number of carbonyl (C=O) groups is 1. The van der Waals surface area contributed by atoms with Crippen LogP contribution in [0.3, 0.4) is 0 Å². The molecule has 0 aromatic carbocycles. The van der Waals surface area contributed by atoms with Crippen LogP contribution in [0.15, 0.2) is 0 Å². The molecule has 0 spiro atoms. The average molecular weight is 334 g/mol. The topological polar surface area (TPSA) is 35.5 Å². The zero-order valence-electron chi connectivity index (χ0n) is 9.48. The molecule has 0 aliphatic carbocycles. The van der Waals surface area contributed by atoms with Crippen LogP contribution >= 0.6 is 9.24 Å². The molecule has 0 radical (unpaired) electrons. The van der Waals surface area contributed by atoms with Crippen molar-refractivity contribution in [2.24, 2.45) is 0 Å². The van der Waals surface area contributed by atoms with Crippen molar-refractivity contribution in [3.05, 3.63) is 0 Å². The number of rotatable bonds is 3. The molecule has 12 heteroatoms. The van der Waals surface area contributed by atoms with E-state index in [2.05, 4.69) is 9.47 Å². The van der Waals surface area contributed by atoms with E-state index in [0.29, 0.717) is 6.92 Å². The van der Waals surface area contributed by atoms with Gasteiger partial charge in [0.25, 0.3) is 5.41 Å². The fourth-order valence-electron chi connectivity index (χ4n) is 1.41. The van der Waals surface area contributed by atoms with E-state index >= 15 is 0 Å². The highest BCUT2D eigenvalue weighted by atomic mass is 31.0. The van der Waals surface area contributed by atoms with Gasteiger partial charge >= 0.3 is 24.2 Å². The minimum Gasteiger partial charge on any atom is -0.427 e. The molecule has 20 heavy (non-hydrogen) atoms. The van der Waals surface area contributed by atoms with Crippen LogP contribution in [0.25, 0.3) is 0 Å². The van der Waals surface area contributed by atoms with Crippen LogP contribution in [0.5, 0.6) is 0 Å². The summed E-state index contributed by atoms with van der Waals surface area (Å²) >= 11 is 0. The van der Waals surface area contributed by atoms with Crippen molar-refractivity contribution in [2.75, 3.05) is 0 Å². The lowest BCUT2D eigenvalue weighted by molar-refractivity contribution is -0.337. The third kappa shape index (κ3) is 2.29. The van der Waals surface area contributed by atoms with Crippen LogP contribution in [-0.2, 0) is 9.47 Å². The number of cyclic esters (lactones) is 2. The fourth-order valence-corrected chi connectivity index (χ4v) is 1.60. The second-order valence-electron chi connectivity index (χ2n) is 4.02. The molecule has 0 N–H and O–H groups in total. The Kier molecular flexibility index (Phi) is 3.93. The van der Waals surface area contributed by atoms with E-state index in [1.165, 1.54) is 0 Å². The number of carbonyl (C=O) groups excluding carboxylic acids is 1. The van der Waals surface area contributed by atoms with Gasteiger partial charge in [0.05, 0.1) is 0 Å². The molecule has 0 amide bonds. The maximum atomic E-state index is 13.5. The molecule has 1 rings (SSSR count). The highest BCUT2D eigenvalue weighted by Crippen LogP contribution is 2.57. The third-order valence-electron chi connectivity index (χ3n) is 2.58. The van der Waals surface area contributed by atoms with E-state index in [1.54, 1.807) is 0 Å². The van der Waals surface area contributed by atoms with Gasteiger partial charge in [0, 0.05) is 0 Å². The van der Waals surface area contributed by atoms with Crippen molar-refractivity contribution in [3.63, 3.8) is 0 Å². The van der Waals surface area contributed by atoms with E-state index in [1.807, 2.05) is 0 Å². The zero-order valence-corrected chi connectivity index (χ0v) is 10.6. The molecule has 3 nitrogen and oxygen atoms in total. The lowest BCUT2D eigenvalue weighted by Gasteiger charge is -2.38. The van der Waals surface area contributed by atoms with Crippen molar-refractivity contribution >= 4 is 15.4 Å². The van der Waals surface area contributed by atoms with Crippen molar-refractivity contribution in [2.45, 2.75) is 42.6 Å². The van der Waals surface area contributed by atoms with Gasteiger partial charge in [-0.15, -0.1) is 0 Å². The summed E-state index contributed by atoms with van der Waals surface area (Å²) in [6.07, 6.45) is -13.1. The van der Waals surface area contributed by atoms with Gasteiger partial charge in [-0.1, -0.05) is 9.24 Å². The molecule has 0 bridgehead atoms. The van der Waals surface area contributed by atoms with Crippen LogP contribution in [0.2, 0.25) is 0 Å². The summed E-state index contributed by atoms with van der Waals surface area (Å²) < 4.78 is 111. The molecule has 1 fully saturated rings. The Hall–Kier alpha value is -0.860. The van der Waals surface area contributed by atoms with E-state index < -0.39 is 41.8 Å². The summed E-state index contributed by atoms with van der Waals surface area (Å²) in [6, 6.07) is 0. The molecule has 1 saturated heterocycles. The first-order valence-corrected chi connectivity index (χ1v) is 5.41. The maximum Gasteiger partial charge on any atom is 0.509 e. The summed E-state index contributed by atoms with van der Waals surface area (Å²) in [5, 5.41) is -5.61. The number of alkyl halides is 8. The van der Waals surface area contributed by atoms with Crippen LogP contribution in [-0.4, -0.2) is 41.8 Å². The predicted octanol–water partition coefficient (Wildman–Crippen LogP) is 3.28. The molecular weight excluding hydrogens is 327 g/mol. The number of hydrogen-bond acceptors (Lipinski definition) is 3. The fraction of sp³-hybridized carbons (Fsp3) is 0.875. The standard InChI is InChI=1S/C8H7F8O3P/c1-2-3(19-4(17)18-2)5(9,10)6(11,12)7(13,20)8(14,15)16/h2-3H,20H2,1H3. The van der Waals surface area contributed by atoms with E-state index in [-0.39, 0.29) is 9.24 Å². The van der Waals surface area contributed by atoms with Gasteiger partial charge in [0.2, 0.25) is 6.10 Å². The summed E-state index contributed by atoms with van der Waals surface area (Å²) in [6.45, 7) is 0.690.